The Morgan fingerprint density at radius 3 is 2.72 bits per heavy atom. The van der Waals surface area contributed by atoms with Gasteiger partial charge in [-0.15, -0.1) is 0 Å². The second-order valence-electron chi connectivity index (χ2n) is 3.56. The summed E-state index contributed by atoms with van der Waals surface area (Å²) in [6, 6.07) is 1.44. The van der Waals surface area contributed by atoms with Gasteiger partial charge in [0.1, 0.15) is 5.69 Å². The molecule has 0 aromatic carbocycles. The van der Waals surface area contributed by atoms with E-state index in [-0.39, 0.29) is 31.0 Å². The highest BCUT2D eigenvalue weighted by Crippen LogP contribution is 2.26. The smallest absolute Gasteiger partial charge is 0.311 e. The van der Waals surface area contributed by atoms with E-state index in [9.17, 15) is 13.6 Å². The molecule has 18 heavy (non-hydrogen) atoms. The molecule has 100 valence electrons. The van der Waals surface area contributed by atoms with Crippen molar-refractivity contribution in [3.05, 3.63) is 23.0 Å². The average Bonchev–Trinajstić information content (AvgIpc) is 2.31. The summed E-state index contributed by atoms with van der Waals surface area (Å²) in [4.78, 5) is 14.9. The van der Waals surface area contributed by atoms with Gasteiger partial charge in [0.05, 0.1) is 24.4 Å². The molecule has 1 aromatic heterocycles. The van der Waals surface area contributed by atoms with Crippen molar-refractivity contribution in [1.82, 2.24) is 4.98 Å². The lowest BCUT2D eigenvalue weighted by molar-refractivity contribution is -0.142. The number of rotatable bonds is 5. The van der Waals surface area contributed by atoms with E-state index in [1.807, 2.05) is 0 Å². The fraction of sp³-hybridized carbons (Fsp3) is 0.455. The highest BCUT2D eigenvalue weighted by Gasteiger charge is 2.18. The Hall–Kier alpha value is -1.76. The van der Waals surface area contributed by atoms with Crippen molar-refractivity contribution in [3.8, 4) is 0 Å². The van der Waals surface area contributed by atoms with Crippen molar-refractivity contribution in [2.75, 3.05) is 12.3 Å². The van der Waals surface area contributed by atoms with Gasteiger partial charge in [-0.05, 0) is 18.6 Å². The van der Waals surface area contributed by atoms with E-state index < -0.39 is 18.1 Å². The first-order chi connectivity index (χ1) is 8.49. The predicted molar refractivity (Wildman–Crippen MR) is 61.8 cm³/mol. The minimum atomic E-state index is -2.81. The van der Waals surface area contributed by atoms with E-state index in [4.69, 9.17) is 16.2 Å². The summed E-state index contributed by atoms with van der Waals surface area (Å²) in [5.41, 5.74) is 10.8. The van der Waals surface area contributed by atoms with Gasteiger partial charge in [0.2, 0.25) is 0 Å². The van der Waals surface area contributed by atoms with E-state index in [0.717, 1.165) is 0 Å². The van der Waals surface area contributed by atoms with Crippen LogP contribution in [0.4, 0.5) is 14.5 Å². The molecule has 0 spiro atoms. The fourth-order valence-electron chi connectivity index (χ4n) is 1.48. The van der Waals surface area contributed by atoms with E-state index in [1.54, 1.807) is 6.92 Å². The van der Waals surface area contributed by atoms with Crippen LogP contribution in [-0.2, 0) is 22.5 Å². The quantitative estimate of drug-likeness (QED) is 0.774. The number of carbonyl (C=O) groups excluding carboxylic acids is 1. The molecule has 0 fully saturated rings. The molecule has 5 nitrogen and oxygen atoms in total. The number of alkyl halides is 2. The number of nitrogen functional groups attached to an aromatic ring is 1. The summed E-state index contributed by atoms with van der Waals surface area (Å²) in [6.45, 7) is 1.88. The van der Waals surface area contributed by atoms with Crippen LogP contribution in [0.15, 0.2) is 6.07 Å². The van der Waals surface area contributed by atoms with E-state index in [1.165, 1.54) is 6.07 Å². The standard InChI is InChI=1S/C11H15F2N3O2/c1-2-18-8(17)4-7-3-6(5-14)9(15)10(16-7)11(12)13/h3,11H,2,4-5,14-15H2,1H3. The highest BCUT2D eigenvalue weighted by atomic mass is 19.3. The topological polar surface area (TPSA) is 91.2 Å². The number of ether oxygens (including phenoxy) is 1. The number of hydrogen-bond donors (Lipinski definition) is 2. The maximum absolute atomic E-state index is 12.7. The van der Waals surface area contributed by atoms with Crippen LogP contribution < -0.4 is 11.5 Å². The van der Waals surface area contributed by atoms with Crippen LogP contribution in [-0.4, -0.2) is 17.6 Å². The summed E-state index contributed by atoms with van der Waals surface area (Å²) >= 11 is 0. The second kappa shape index (κ2) is 6.25. The maximum atomic E-state index is 12.7. The number of carbonyl (C=O) groups is 1. The van der Waals surface area contributed by atoms with Crippen molar-refractivity contribution in [3.63, 3.8) is 0 Å². The average molecular weight is 259 g/mol. The Morgan fingerprint density at radius 1 is 1.56 bits per heavy atom. The molecule has 0 aliphatic carbocycles. The molecular formula is C11H15F2N3O2. The third kappa shape index (κ3) is 3.36. The second-order valence-corrected chi connectivity index (χ2v) is 3.56. The minimum Gasteiger partial charge on any atom is -0.466 e. The van der Waals surface area contributed by atoms with Gasteiger partial charge in [-0.2, -0.15) is 0 Å². The summed E-state index contributed by atoms with van der Waals surface area (Å²) in [5, 5.41) is 0. The van der Waals surface area contributed by atoms with Crippen LogP contribution >= 0.6 is 0 Å². The van der Waals surface area contributed by atoms with Crippen LogP contribution in [0.2, 0.25) is 0 Å². The molecule has 0 amide bonds. The Bertz CT molecular complexity index is 439. The van der Waals surface area contributed by atoms with E-state index >= 15 is 0 Å². The monoisotopic (exact) mass is 259 g/mol. The first-order valence-electron chi connectivity index (χ1n) is 5.41. The van der Waals surface area contributed by atoms with Crippen LogP contribution in [0.25, 0.3) is 0 Å². The summed E-state index contributed by atoms with van der Waals surface area (Å²) in [7, 11) is 0. The first kappa shape index (κ1) is 14.3. The summed E-state index contributed by atoms with van der Waals surface area (Å²) in [5.74, 6) is -0.530. The molecule has 0 aliphatic heterocycles. The van der Waals surface area contributed by atoms with E-state index in [2.05, 4.69) is 4.98 Å². The summed E-state index contributed by atoms with van der Waals surface area (Å²) in [6.07, 6.45) is -2.99. The molecule has 0 radical (unpaired) electrons. The Kier molecular flexibility index (Phi) is 4.96. The normalized spacial score (nSPS) is 10.7. The first-order valence-corrected chi connectivity index (χ1v) is 5.41. The highest BCUT2D eigenvalue weighted by molar-refractivity contribution is 5.72. The lowest BCUT2D eigenvalue weighted by Crippen LogP contribution is -2.13. The maximum Gasteiger partial charge on any atom is 0.311 e. The Morgan fingerprint density at radius 2 is 2.22 bits per heavy atom. The van der Waals surface area contributed by atoms with Crippen LogP contribution in [0.1, 0.15) is 30.3 Å². The van der Waals surface area contributed by atoms with Gasteiger partial charge in [-0.3, -0.25) is 4.79 Å². The predicted octanol–water partition coefficient (Wildman–Crippen LogP) is 1.17. The largest absolute Gasteiger partial charge is 0.466 e. The van der Waals surface area contributed by atoms with Gasteiger partial charge in [-0.25, -0.2) is 13.8 Å². The molecule has 0 unspecified atom stereocenters. The molecule has 0 bridgehead atoms. The zero-order valence-corrected chi connectivity index (χ0v) is 9.95. The van der Waals surface area contributed by atoms with Gasteiger partial charge in [0.15, 0.2) is 0 Å². The van der Waals surface area contributed by atoms with Gasteiger partial charge >= 0.3 is 5.97 Å². The van der Waals surface area contributed by atoms with Crippen molar-refractivity contribution < 1.29 is 18.3 Å². The van der Waals surface area contributed by atoms with Gasteiger partial charge < -0.3 is 16.2 Å². The lowest BCUT2D eigenvalue weighted by atomic mass is 10.1. The van der Waals surface area contributed by atoms with Crippen molar-refractivity contribution in [2.24, 2.45) is 5.73 Å². The summed E-state index contributed by atoms with van der Waals surface area (Å²) < 4.78 is 30.1. The number of esters is 1. The molecule has 4 N–H and O–H groups in total. The van der Waals surface area contributed by atoms with Gasteiger partial charge in [0.25, 0.3) is 6.43 Å². The molecular weight excluding hydrogens is 244 g/mol. The number of nitrogens with zero attached hydrogens (tertiary/aromatic N) is 1. The van der Waals surface area contributed by atoms with Crippen molar-refractivity contribution in [1.29, 1.82) is 0 Å². The third-order valence-corrected chi connectivity index (χ3v) is 2.28. The van der Waals surface area contributed by atoms with E-state index in [0.29, 0.717) is 5.56 Å². The van der Waals surface area contributed by atoms with Crippen molar-refractivity contribution >= 4 is 11.7 Å². The zero-order chi connectivity index (χ0) is 13.7. The number of aromatic nitrogens is 1. The van der Waals surface area contributed by atoms with Gasteiger partial charge in [-0.1, -0.05) is 0 Å². The van der Waals surface area contributed by atoms with Crippen molar-refractivity contribution in [2.45, 2.75) is 26.3 Å². The number of pyridine rings is 1. The molecule has 1 heterocycles. The molecule has 7 heteroatoms. The number of halogens is 2. The SMILES string of the molecule is CCOC(=O)Cc1cc(CN)c(N)c(C(F)F)n1. The molecule has 1 aromatic rings. The fourth-order valence-corrected chi connectivity index (χ4v) is 1.48. The number of anilines is 1. The third-order valence-electron chi connectivity index (χ3n) is 2.28. The Labute approximate surface area is 103 Å². The van der Waals surface area contributed by atoms with Gasteiger partial charge in [0, 0.05) is 6.54 Å². The lowest BCUT2D eigenvalue weighted by Gasteiger charge is -2.11. The number of nitrogens with two attached hydrogens (primary N) is 2. The van der Waals surface area contributed by atoms with Crippen LogP contribution in [0.3, 0.4) is 0 Å². The molecule has 0 aliphatic rings. The Balaban J connectivity index is 3.06. The molecule has 1 rings (SSSR count). The molecule has 0 saturated carbocycles. The zero-order valence-electron chi connectivity index (χ0n) is 9.95. The number of hydrogen-bond acceptors (Lipinski definition) is 5. The molecule has 0 saturated heterocycles. The van der Waals surface area contributed by atoms with Crippen LogP contribution in [0.5, 0.6) is 0 Å². The molecule has 0 atom stereocenters. The van der Waals surface area contributed by atoms with Crippen LogP contribution in [0, 0.1) is 0 Å². The minimum absolute atomic E-state index is 0.00387.